The van der Waals surface area contributed by atoms with Crippen LogP contribution in [-0.4, -0.2) is 39.7 Å². The summed E-state index contributed by atoms with van der Waals surface area (Å²) in [7, 11) is 4.91. The van der Waals surface area contributed by atoms with Gasteiger partial charge < -0.3 is 18.8 Å². The molecule has 0 saturated carbocycles. The topological polar surface area (TPSA) is 89.5 Å². The normalized spacial score (nSPS) is 11.5. The zero-order chi connectivity index (χ0) is 23.3. The summed E-state index contributed by atoms with van der Waals surface area (Å²) in [5.74, 6) is 1.73. The zero-order valence-electron chi connectivity index (χ0n) is 19.3. The van der Waals surface area contributed by atoms with Crippen LogP contribution in [-0.2, 0) is 24.9 Å². The minimum absolute atomic E-state index is 0.125. The van der Waals surface area contributed by atoms with E-state index < -0.39 is 0 Å². The first kappa shape index (κ1) is 23.3. The van der Waals surface area contributed by atoms with Crippen molar-refractivity contribution in [2.24, 2.45) is 7.05 Å². The molecule has 9 nitrogen and oxygen atoms in total. The number of benzene rings is 1. The van der Waals surface area contributed by atoms with E-state index in [1.807, 2.05) is 38.1 Å². The number of aryl methyl sites for hydroxylation is 2. The van der Waals surface area contributed by atoms with Crippen molar-refractivity contribution < 1.29 is 14.2 Å². The molecule has 3 rings (SSSR count). The Hall–Kier alpha value is -3.33. The van der Waals surface area contributed by atoms with Gasteiger partial charge >= 0.3 is 5.69 Å². The monoisotopic (exact) mass is 442 g/mol. The number of hydrogen-bond donors (Lipinski definition) is 0. The highest BCUT2D eigenvalue weighted by atomic mass is 16.7. The number of hydrogen-bond acceptors (Lipinski definition) is 6. The number of rotatable bonds is 10. The summed E-state index contributed by atoms with van der Waals surface area (Å²) in [6.45, 7) is 4.94. The highest BCUT2D eigenvalue weighted by Gasteiger charge is 2.18. The Balaban J connectivity index is 2.07. The number of fused-ring (bicyclic) bond motifs is 1. The second-order valence-corrected chi connectivity index (χ2v) is 7.39. The van der Waals surface area contributed by atoms with Crippen molar-refractivity contribution in [2.75, 3.05) is 21.0 Å². The number of aromatic nitrogens is 4. The average Bonchev–Trinajstić information content (AvgIpc) is 3.13. The van der Waals surface area contributed by atoms with Crippen LogP contribution >= 0.6 is 0 Å². The van der Waals surface area contributed by atoms with Crippen LogP contribution < -0.4 is 20.7 Å². The molecule has 0 N–H and O–H groups in total. The van der Waals surface area contributed by atoms with E-state index in [2.05, 4.69) is 4.98 Å². The van der Waals surface area contributed by atoms with Crippen LogP contribution in [0, 0.1) is 0 Å². The predicted molar refractivity (Wildman–Crippen MR) is 124 cm³/mol. The molecule has 0 saturated heterocycles. The fourth-order valence-electron chi connectivity index (χ4n) is 3.57. The highest BCUT2D eigenvalue weighted by Crippen LogP contribution is 2.28. The van der Waals surface area contributed by atoms with Crippen molar-refractivity contribution in [1.82, 2.24) is 18.7 Å². The smallest absolute Gasteiger partial charge is 0.332 e. The lowest BCUT2D eigenvalue weighted by atomic mass is 10.2. The Labute approximate surface area is 186 Å². The van der Waals surface area contributed by atoms with Gasteiger partial charge in [0.2, 0.25) is 0 Å². The minimum atomic E-state index is -0.310. The minimum Gasteiger partial charge on any atom is -0.493 e. The first-order valence-electron chi connectivity index (χ1n) is 10.6. The molecule has 32 heavy (non-hydrogen) atoms. The van der Waals surface area contributed by atoms with Crippen LogP contribution in [0.4, 0.5) is 0 Å². The molecule has 0 aliphatic carbocycles. The van der Waals surface area contributed by atoms with Gasteiger partial charge in [0.15, 0.2) is 29.5 Å². The molecule has 0 fully saturated rings. The van der Waals surface area contributed by atoms with Gasteiger partial charge in [-0.3, -0.25) is 13.9 Å². The van der Waals surface area contributed by atoms with Gasteiger partial charge in [-0.1, -0.05) is 26.0 Å². The summed E-state index contributed by atoms with van der Waals surface area (Å²) >= 11 is 0. The Bertz CT molecular complexity index is 1240. The van der Waals surface area contributed by atoms with Crippen LogP contribution in [0.2, 0.25) is 0 Å². The fraction of sp³-hybridized carbons (Fsp3) is 0.435. The van der Waals surface area contributed by atoms with Gasteiger partial charge in [0.1, 0.15) is 5.82 Å². The van der Waals surface area contributed by atoms with Crippen LogP contribution in [0.5, 0.6) is 11.5 Å². The van der Waals surface area contributed by atoms with Gasteiger partial charge in [-0.05, 0) is 36.6 Å². The summed E-state index contributed by atoms with van der Waals surface area (Å²) in [4.78, 5) is 30.5. The Morgan fingerprint density at radius 2 is 1.72 bits per heavy atom. The molecule has 0 spiro atoms. The van der Waals surface area contributed by atoms with E-state index in [0.717, 1.165) is 12.0 Å². The van der Waals surface area contributed by atoms with Crippen molar-refractivity contribution in [3.05, 3.63) is 50.4 Å². The Morgan fingerprint density at radius 1 is 1.00 bits per heavy atom. The quantitative estimate of drug-likeness (QED) is 0.449. The zero-order valence-corrected chi connectivity index (χ0v) is 19.3. The molecular weight excluding hydrogens is 412 g/mol. The molecule has 1 aromatic carbocycles. The highest BCUT2D eigenvalue weighted by molar-refractivity contribution is 5.77. The van der Waals surface area contributed by atoms with Crippen LogP contribution in [0.3, 0.4) is 0 Å². The van der Waals surface area contributed by atoms with Crippen molar-refractivity contribution in [3.63, 3.8) is 0 Å². The maximum atomic E-state index is 13.0. The van der Waals surface area contributed by atoms with Crippen molar-refractivity contribution in [2.45, 2.75) is 39.8 Å². The maximum absolute atomic E-state index is 13.0. The largest absolute Gasteiger partial charge is 0.493 e. The van der Waals surface area contributed by atoms with Crippen LogP contribution in [0.25, 0.3) is 23.3 Å². The summed E-state index contributed by atoms with van der Waals surface area (Å²) in [6.07, 6.45) is 5.15. The van der Waals surface area contributed by atoms with Gasteiger partial charge in [-0.25, -0.2) is 9.78 Å². The van der Waals surface area contributed by atoms with Gasteiger partial charge in [0.05, 0.1) is 7.11 Å². The summed E-state index contributed by atoms with van der Waals surface area (Å²) in [6, 6.07) is 5.52. The third-order valence-electron chi connectivity index (χ3n) is 5.12. The lowest BCUT2D eigenvalue weighted by Gasteiger charge is -2.10. The first-order chi connectivity index (χ1) is 15.5. The average molecular weight is 443 g/mol. The number of nitrogens with zero attached hydrogens (tertiary/aromatic N) is 4. The van der Waals surface area contributed by atoms with Crippen LogP contribution in [0.15, 0.2) is 27.8 Å². The van der Waals surface area contributed by atoms with E-state index in [0.29, 0.717) is 48.0 Å². The molecule has 0 unspecified atom stereocenters. The van der Waals surface area contributed by atoms with E-state index in [1.165, 1.54) is 4.57 Å². The van der Waals surface area contributed by atoms with Gasteiger partial charge in [0.25, 0.3) is 5.56 Å². The Kier molecular flexibility index (Phi) is 7.53. The van der Waals surface area contributed by atoms with E-state index >= 15 is 0 Å². The number of ether oxygens (including phenoxy) is 3. The molecule has 0 amide bonds. The lowest BCUT2D eigenvalue weighted by Crippen LogP contribution is -2.40. The molecule has 172 valence electrons. The summed E-state index contributed by atoms with van der Waals surface area (Å²) < 4.78 is 20.5. The molecule has 0 bridgehead atoms. The fourth-order valence-corrected chi connectivity index (χ4v) is 3.57. The van der Waals surface area contributed by atoms with Gasteiger partial charge in [-0.15, -0.1) is 0 Å². The molecular formula is C23H30N4O5. The van der Waals surface area contributed by atoms with E-state index in [1.54, 1.807) is 36.5 Å². The molecule has 2 heterocycles. The Morgan fingerprint density at radius 3 is 2.38 bits per heavy atom. The molecule has 0 radical (unpaired) electrons. The third-order valence-corrected chi connectivity index (χ3v) is 5.12. The molecule has 3 aromatic rings. The van der Waals surface area contributed by atoms with Crippen molar-refractivity contribution in [1.29, 1.82) is 0 Å². The summed E-state index contributed by atoms with van der Waals surface area (Å²) in [5, 5.41) is 0. The van der Waals surface area contributed by atoms with Gasteiger partial charge in [0, 0.05) is 27.2 Å². The molecule has 0 atom stereocenters. The maximum Gasteiger partial charge on any atom is 0.332 e. The number of methoxy groups -OCH3 is 2. The van der Waals surface area contributed by atoms with E-state index in [4.69, 9.17) is 14.2 Å². The summed E-state index contributed by atoms with van der Waals surface area (Å²) in [5.41, 5.74) is 1.09. The second kappa shape index (κ2) is 10.3. The predicted octanol–water partition coefficient (Wildman–Crippen LogP) is 2.88. The number of imidazole rings is 1. The molecule has 0 aliphatic rings. The second-order valence-electron chi connectivity index (χ2n) is 7.39. The van der Waals surface area contributed by atoms with Gasteiger partial charge in [-0.2, -0.15) is 0 Å². The first-order valence-corrected chi connectivity index (χ1v) is 10.6. The molecule has 0 aliphatic heterocycles. The third kappa shape index (κ3) is 4.47. The van der Waals surface area contributed by atoms with Crippen LogP contribution in [0.1, 0.15) is 38.1 Å². The van der Waals surface area contributed by atoms with Crippen molar-refractivity contribution >= 4 is 23.3 Å². The van der Waals surface area contributed by atoms with E-state index in [-0.39, 0.29) is 18.0 Å². The van der Waals surface area contributed by atoms with E-state index in [9.17, 15) is 9.59 Å². The standard InChI is InChI=1S/C23H30N4O5/c1-6-12-26-21-20(22(28)27(13-7-2)23(26)29)25(3)19(24-21)11-9-16-8-10-17(32-15-30-4)18(14-16)31-5/h8-11,14H,6-7,12-13,15H2,1-5H3. The SMILES string of the molecule is CCCn1c(=O)c2c(nc(C=Cc3ccc(OCOC)c(OC)c3)n2C)n(CCC)c1=O. The molecule has 2 aromatic heterocycles. The lowest BCUT2D eigenvalue weighted by molar-refractivity contribution is 0.0491. The van der Waals surface area contributed by atoms with Crippen molar-refractivity contribution in [3.8, 4) is 11.5 Å². The molecule has 9 heteroatoms.